The van der Waals surface area contributed by atoms with Gasteiger partial charge in [0.2, 0.25) is 0 Å². The third kappa shape index (κ3) is 5.80. The lowest BCUT2D eigenvalue weighted by molar-refractivity contribution is 0.0763. The van der Waals surface area contributed by atoms with E-state index < -0.39 is 0 Å². The maximum absolute atomic E-state index is 9.24. The minimum atomic E-state index is 0.285. The van der Waals surface area contributed by atoms with Gasteiger partial charge in [-0.2, -0.15) is 0 Å². The Bertz CT molecular complexity index is 213. The summed E-state index contributed by atoms with van der Waals surface area (Å²) in [6.07, 6.45) is 6.59. The molecule has 3 heteroatoms. The van der Waals surface area contributed by atoms with Crippen molar-refractivity contribution in [1.29, 1.82) is 0 Å². The number of hydrogen-bond donors (Lipinski definition) is 2. The summed E-state index contributed by atoms with van der Waals surface area (Å²) in [6, 6.07) is 0. The molecule has 0 atom stereocenters. The fourth-order valence-electron chi connectivity index (χ4n) is 3.36. The van der Waals surface area contributed by atoms with Crippen molar-refractivity contribution in [2.75, 3.05) is 39.3 Å². The third-order valence-corrected chi connectivity index (χ3v) is 4.60. The van der Waals surface area contributed by atoms with E-state index in [4.69, 9.17) is 0 Å². The summed E-state index contributed by atoms with van der Waals surface area (Å²) in [4.78, 5) is 2.47. The van der Waals surface area contributed by atoms with Crippen LogP contribution in [0.5, 0.6) is 0 Å². The molecule has 1 fully saturated rings. The lowest BCUT2D eigenvalue weighted by Gasteiger charge is -2.43. The van der Waals surface area contributed by atoms with Crippen molar-refractivity contribution >= 4 is 0 Å². The van der Waals surface area contributed by atoms with Crippen molar-refractivity contribution in [3.8, 4) is 0 Å². The number of aliphatic hydroxyl groups is 1. The third-order valence-electron chi connectivity index (χ3n) is 4.60. The lowest BCUT2D eigenvalue weighted by atomic mass is 9.70. The molecule has 0 radical (unpaired) electrons. The smallest absolute Gasteiger partial charge is 0.0558 e. The van der Waals surface area contributed by atoms with Gasteiger partial charge < -0.3 is 15.3 Å². The zero-order valence-corrected chi connectivity index (χ0v) is 13.2. The minimum absolute atomic E-state index is 0.285. The Morgan fingerprint density at radius 1 is 1.21 bits per heavy atom. The van der Waals surface area contributed by atoms with Gasteiger partial charge in [0.05, 0.1) is 6.61 Å². The number of aliphatic hydroxyl groups excluding tert-OH is 1. The van der Waals surface area contributed by atoms with E-state index in [0.29, 0.717) is 5.41 Å². The van der Waals surface area contributed by atoms with Crippen molar-refractivity contribution < 1.29 is 5.11 Å². The van der Waals surface area contributed by atoms with Crippen molar-refractivity contribution in [3.63, 3.8) is 0 Å². The number of nitrogens with one attached hydrogen (secondary N) is 1. The number of hydrogen-bond acceptors (Lipinski definition) is 3. The topological polar surface area (TPSA) is 35.5 Å². The molecule has 114 valence electrons. The fraction of sp³-hybridized carbons (Fsp3) is 1.00. The highest BCUT2D eigenvalue weighted by Gasteiger charge is 2.35. The first-order chi connectivity index (χ1) is 9.15. The summed E-state index contributed by atoms with van der Waals surface area (Å²) in [6.45, 7) is 12.4. The van der Waals surface area contributed by atoms with Crippen LogP contribution >= 0.6 is 0 Å². The molecule has 0 aromatic carbocycles. The van der Waals surface area contributed by atoms with Crippen LogP contribution in [0.25, 0.3) is 0 Å². The zero-order valence-electron chi connectivity index (χ0n) is 13.2. The first kappa shape index (κ1) is 16.9. The molecule has 0 heterocycles. The fourth-order valence-corrected chi connectivity index (χ4v) is 3.36. The lowest BCUT2D eigenvalue weighted by Crippen LogP contribution is -2.47. The van der Waals surface area contributed by atoms with Gasteiger partial charge >= 0.3 is 0 Å². The monoisotopic (exact) mass is 270 g/mol. The van der Waals surface area contributed by atoms with Crippen LogP contribution in [0.4, 0.5) is 0 Å². The first-order valence-corrected chi connectivity index (χ1v) is 8.19. The molecule has 0 spiro atoms. The molecular weight excluding hydrogens is 236 g/mol. The van der Waals surface area contributed by atoms with E-state index in [1.807, 2.05) is 0 Å². The highest BCUT2D eigenvalue weighted by Crippen LogP contribution is 2.39. The van der Waals surface area contributed by atoms with Gasteiger partial charge in [-0.05, 0) is 43.7 Å². The van der Waals surface area contributed by atoms with Gasteiger partial charge in [-0.1, -0.05) is 33.6 Å². The molecule has 0 aromatic rings. The van der Waals surface area contributed by atoms with Gasteiger partial charge in [0, 0.05) is 19.6 Å². The van der Waals surface area contributed by atoms with Crippen molar-refractivity contribution in [2.24, 2.45) is 11.3 Å². The Labute approximate surface area is 119 Å². The van der Waals surface area contributed by atoms with Crippen LogP contribution in [-0.2, 0) is 0 Å². The standard InChI is InChI=1S/C16H34N2O/c1-4-10-18(11-12-19)14-16(13-17-5-2)8-6-15(3)7-9-16/h15,17,19H,4-14H2,1-3H3. The van der Waals surface area contributed by atoms with Gasteiger partial charge in [-0.3, -0.25) is 0 Å². The molecular formula is C16H34N2O. The minimum Gasteiger partial charge on any atom is -0.395 e. The van der Waals surface area contributed by atoms with Crippen molar-refractivity contribution in [2.45, 2.75) is 52.9 Å². The molecule has 2 N–H and O–H groups in total. The second-order valence-electron chi connectivity index (χ2n) is 6.46. The van der Waals surface area contributed by atoms with E-state index in [2.05, 4.69) is 31.0 Å². The van der Waals surface area contributed by atoms with Gasteiger partial charge in [0.1, 0.15) is 0 Å². The predicted octanol–water partition coefficient (Wildman–Crippen LogP) is 2.50. The molecule has 0 aliphatic heterocycles. The summed E-state index contributed by atoms with van der Waals surface area (Å²) < 4.78 is 0. The van der Waals surface area contributed by atoms with Crippen LogP contribution in [0.15, 0.2) is 0 Å². The zero-order chi connectivity index (χ0) is 14.1. The molecule has 1 aliphatic rings. The van der Waals surface area contributed by atoms with Crippen LogP contribution in [-0.4, -0.2) is 49.3 Å². The maximum Gasteiger partial charge on any atom is 0.0558 e. The Morgan fingerprint density at radius 3 is 2.42 bits per heavy atom. The predicted molar refractivity (Wildman–Crippen MR) is 82.4 cm³/mol. The van der Waals surface area contributed by atoms with Gasteiger partial charge in [-0.15, -0.1) is 0 Å². The maximum atomic E-state index is 9.24. The van der Waals surface area contributed by atoms with E-state index in [0.717, 1.165) is 38.6 Å². The van der Waals surface area contributed by atoms with E-state index in [1.165, 1.54) is 32.1 Å². The molecule has 0 amide bonds. The average Bonchev–Trinajstić information content (AvgIpc) is 2.40. The summed E-state index contributed by atoms with van der Waals surface area (Å²) in [5.41, 5.74) is 0.437. The molecule has 1 saturated carbocycles. The van der Waals surface area contributed by atoms with E-state index in [9.17, 15) is 5.11 Å². The van der Waals surface area contributed by atoms with Crippen LogP contribution in [0.2, 0.25) is 0 Å². The Kier molecular flexibility index (Phi) is 7.96. The number of nitrogens with zero attached hydrogens (tertiary/aromatic N) is 1. The van der Waals surface area contributed by atoms with Gasteiger partial charge in [0.25, 0.3) is 0 Å². The number of rotatable bonds is 9. The van der Waals surface area contributed by atoms with Crippen LogP contribution in [0.1, 0.15) is 52.9 Å². The second-order valence-corrected chi connectivity index (χ2v) is 6.46. The Morgan fingerprint density at radius 2 is 1.89 bits per heavy atom. The average molecular weight is 270 g/mol. The van der Waals surface area contributed by atoms with E-state index in [-0.39, 0.29) is 6.61 Å². The van der Waals surface area contributed by atoms with E-state index >= 15 is 0 Å². The highest BCUT2D eigenvalue weighted by molar-refractivity contribution is 4.89. The quantitative estimate of drug-likeness (QED) is 0.676. The van der Waals surface area contributed by atoms with Crippen LogP contribution in [0, 0.1) is 11.3 Å². The van der Waals surface area contributed by atoms with E-state index in [1.54, 1.807) is 0 Å². The molecule has 3 nitrogen and oxygen atoms in total. The normalized spacial score (nSPS) is 27.9. The summed E-state index contributed by atoms with van der Waals surface area (Å²) in [7, 11) is 0. The molecule has 19 heavy (non-hydrogen) atoms. The second kappa shape index (κ2) is 8.93. The van der Waals surface area contributed by atoms with Gasteiger partial charge in [0.15, 0.2) is 0 Å². The molecule has 0 unspecified atom stereocenters. The first-order valence-electron chi connectivity index (χ1n) is 8.19. The summed E-state index contributed by atoms with van der Waals surface area (Å²) >= 11 is 0. The molecule has 0 aromatic heterocycles. The van der Waals surface area contributed by atoms with Crippen LogP contribution in [0.3, 0.4) is 0 Å². The summed E-state index contributed by atoms with van der Waals surface area (Å²) in [5, 5.41) is 12.8. The molecule has 0 saturated heterocycles. The van der Waals surface area contributed by atoms with Crippen LogP contribution < -0.4 is 5.32 Å². The molecule has 0 bridgehead atoms. The molecule has 1 aliphatic carbocycles. The van der Waals surface area contributed by atoms with Crippen molar-refractivity contribution in [1.82, 2.24) is 10.2 Å². The highest BCUT2D eigenvalue weighted by atomic mass is 16.3. The Balaban J connectivity index is 2.61. The van der Waals surface area contributed by atoms with Crippen molar-refractivity contribution in [3.05, 3.63) is 0 Å². The summed E-state index contributed by atoms with van der Waals surface area (Å²) in [5.74, 6) is 0.896. The largest absolute Gasteiger partial charge is 0.395 e. The molecule has 1 rings (SSSR count). The SMILES string of the molecule is CCCN(CCO)CC1(CNCC)CCC(C)CC1. The van der Waals surface area contributed by atoms with Gasteiger partial charge in [-0.25, -0.2) is 0 Å². The Hall–Kier alpha value is -0.120.